The first-order valence-electron chi connectivity index (χ1n) is 6.80. The Balaban J connectivity index is 1.83. The van der Waals surface area contributed by atoms with Gasteiger partial charge in [0.15, 0.2) is 0 Å². The fourth-order valence-corrected chi connectivity index (χ4v) is 3.94. The van der Waals surface area contributed by atoms with Crippen molar-refractivity contribution in [3.8, 4) is 0 Å². The van der Waals surface area contributed by atoms with Crippen molar-refractivity contribution in [2.75, 3.05) is 19.7 Å². The van der Waals surface area contributed by atoms with Crippen molar-refractivity contribution in [2.24, 2.45) is 11.8 Å². The van der Waals surface area contributed by atoms with E-state index in [4.69, 9.17) is 23.2 Å². The Labute approximate surface area is 139 Å². The smallest absolute Gasteiger partial charge is 0.396 e. The first-order valence-corrected chi connectivity index (χ1v) is 7.55. The molecule has 126 valence electrons. The normalized spacial score (nSPS) is 29.4. The number of hydrogen-bond acceptors (Lipinski definition) is 3. The molecular weight excluding hydrogens is 358 g/mol. The average molecular weight is 370 g/mol. The third-order valence-electron chi connectivity index (χ3n) is 4.68. The van der Waals surface area contributed by atoms with Crippen LogP contribution in [0.5, 0.6) is 0 Å². The van der Waals surface area contributed by atoms with Gasteiger partial charge >= 0.3 is 12.5 Å². The third-order valence-corrected chi connectivity index (χ3v) is 5.42. The molecular formula is C14H12Cl2F3NO3. The van der Waals surface area contributed by atoms with E-state index < -0.39 is 17.9 Å². The number of alkyl halides is 3. The Morgan fingerprint density at radius 3 is 2.65 bits per heavy atom. The zero-order valence-electron chi connectivity index (χ0n) is 11.6. The number of carbonyl (C=O) groups excluding carboxylic acids is 1. The predicted octanol–water partition coefficient (Wildman–Crippen LogP) is 3.44. The van der Waals surface area contributed by atoms with Crippen LogP contribution in [0.4, 0.5) is 18.0 Å². The summed E-state index contributed by atoms with van der Waals surface area (Å²) >= 11 is 11.9. The van der Waals surface area contributed by atoms with Gasteiger partial charge in [0.25, 0.3) is 0 Å². The predicted molar refractivity (Wildman–Crippen MR) is 76.3 cm³/mol. The number of halogens is 5. The highest BCUT2D eigenvalue weighted by molar-refractivity contribution is 6.42. The van der Waals surface area contributed by atoms with Crippen LogP contribution >= 0.6 is 23.2 Å². The number of ether oxygens (including phenoxy) is 1. The zero-order chi connectivity index (χ0) is 17.0. The fraction of sp³-hybridized carbons (Fsp3) is 0.500. The van der Waals surface area contributed by atoms with Crippen molar-refractivity contribution < 1.29 is 27.8 Å². The summed E-state index contributed by atoms with van der Waals surface area (Å²) in [6.45, 7) is 0.0171. The van der Waals surface area contributed by atoms with E-state index in [1.54, 1.807) is 18.2 Å². The van der Waals surface area contributed by atoms with Crippen LogP contribution in [-0.2, 0) is 10.2 Å². The molecule has 0 unspecified atom stereocenters. The maximum atomic E-state index is 12.2. The Morgan fingerprint density at radius 2 is 2.09 bits per heavy atom. The molecule has 1 amide bonds. The summed E-state index contributed by atoms with van der Waals surface area (Å²) in [5.41, 5.74) is 0.145. The molecule has 0 radical (unpaired) electrons. The van der Waals surface area contributed by atoms with Crippen LogP contribution in [0.2, 0.25) is 10.0 Å². The molecule has 1 saturated heterocycles. The molecule has 1 heterocycles. The van der Waals surface area contributed by atoms with Crippen LogP contribution in [0.25, 0.3) is 0 Å². The van der Waals surface area contributed by atoms with Gasteiger partial charge in [0.05, 0.1) is 10.0 Å². The number of benzene rings is 1. The monoisotopic (exact) mass is 369 g/mol. The van der Waals surface area contributed by atoms with Crippen molar-refractivity contribution >= 4 is 29.3 Å². The van der Waals surface area contributed by atoms with Gasteiger partial charge in [0, 0.05) is 25.1 Å². The van der Waals surface area contributed by atoms with Gasteiger partial charge in [-0.15, -0.1) is 13.2 Å². The van der Waals surface area contributed by atoms with E-state index in [1.807, 2.05) is 0 Å². The molecule has 0 spiro atoms. The molecule has 2 fully saturated rings. The van der Waals surface area contributed by atoms with Crippen molar-refractivity contribution in [3.05, 3.63) is 33.8 Å². The fourth-order valence-electron chi connectivity index (χ4n) is 3.64. The number of amides is 1. The maximum Gasteiger partial charge on any atom is 0.576 e. The van der Waals surface area contributed by atoms with Gasteiger partial charge in [-0.05, 0) is 29.5 Å². The molecule has 1 aliphatic heterocycles. The number of aliphatic hydroxyl groups excluding tert-OH is 1. The molecule has 2 aliphatic rings. The van der Waals surface area contributed by atoms with E-state index in [9.17, 15) is 23.1 Å². The first kappa shape index (κ1) is 16.7. The van der Waals surface area contributed by atoms with Crippen molar-refractivity contribution in [2.45, 2.75) is 11.8 Å². The van der Waals surface area contributed by atoms with E-state index in [-0.39, 0.29) is 31.5 Å². The highest BCUT2D eigenvalue weighted by Crippen LogP contribution is 2.64. The average Bonchev–Trinajstić information content (AvgIpc) is 2.87. The van der Waals surface area contributed by atoms with Crippen molar-refractivity contribution in [1.82, 2.24) is 4.90 Å². The summed E-state index contributed by atoms with van der Waals surface area (Å²) in [5.74, 6) is -0.264. The highest BCUT2D eigenvalue weighted by Gasteiger charge is 2.70. The molecule has 1 saturated carbocycles. The van der Waals surface area contributed by atoms with Gasteiger partial charge in [0.2, 0.25) is 0 Å². The SMILES string of the molecule is O=C(OC(F)(F)F)N1C[C@H]2[C@H](CO)[C@@]2(c2ccc(Cl)c(Cl)c2)C1. The number of hydrogen-bond donors (Lipinski definition) is 1. The van der Waals surface area contributed by atoms with Crippen LogP contribution in [0.15, 0.2) is 18.2 Å². The second-order valence-electron chi connectivity index (χ2n) is 5.76. The molecule has 1 N–H and O–H groups in total. The van der Waals surface area contributed by atoms with Crippen LogP contribution in [0.3, 0.4) is 0 Å². The molecule has 3 atom stereocenters. The zero-order valence-corrected chi connectivity index (χ0v) is 13.1. The molecule has 0 aromatic heterocycles. The molecule has 3 rings (SSSR count). The van der Waals surface area contributed by atoms with E-state index in [0.717, 1.165) is 10.5 Å². The molecule has 4 nitrogen and oxygen atoms in total. The Morgan fingerprint density at radius 1 is 1.39 bits per heavy atom. The lowest BCUT2D eigenvalue weighted by Gasteiger charge is -2.23. The van der Waals surface area contributed by atoms with Crippen LogP contribution in [0, 0.1) is 11.8 Å². The number of fused-ring (bicyclic) bond motifs is 1. The molecule has 1 aliphatic carbocycles. The van der Waals surface area contributed by atoms with Gasteiger partial charge in [0.1, 0.15) is 0 Å². The second kappa shape index (κ2) is 5.43. The quantitative estimate of drug-likeness (QED) is 0.868. The van der Waals surface area contributed by atoms with E-state index in [0.29, 0.717) is 10.0 Å². The Kier molecular flexibility index (Phi) is 3.93. The lowest BCUT2D eigenvalue weighted by molar-refractivity contribution is -0.294. The standard InChI is InChI=1S/C14H12Cl2F3NO3/c15-10-2-1-7(3-11(10)16)13-6-20(4-8(13)9(13)5-21)12(22)23-14(17,18)19/h1-3,8-9,21H,4-6H2/t8-,9-,13+/m0/s1. The lowest BCUT2D eigenvalue weighted by Crippen LogP contribution is -2.38. The summed E-state index contributed by atoms with van der Waals surface area (Å²) in [6, 6.07) is 4.94. The Hall–Kier alpha value is -1.18. The van der Waals surface area contributed by atoms with Gasteiger partial charge in [-0.3, -0.25) is 0 Å². The summed E-state index contributed by atoms with van der Waals surface area (Å²) < 4.78 is 40.0. The highest BCUT2D eigenvalue weighted by atomic mass is 35.5. The summed E-state index contributed by atoms with van der Waals surface area (Å²) in [7, 11) is 0. The number of piperidine rings is 1. The van der Waals surface area contributed by atoms with Gasteiger partial charge in [-0.1, -0.05) is 29.3 Å². The Bertz CT molecular complexity index is 655. The number of carbonyl (C=O) groups is 1. The molecule has 0 bridgehead atoms. The van der Waals surface area contributed by atoms with Gasteiger partial charge in [-0.25, -0.2) is 4.79 Å². The van der Waals surface area contributed by atoms with E-state index in [2.05, 4.69) is 4.74 Å². The van der Waals surface area contributed by atoms with Crippen LogP contribution < -0.4 is 0 Å². The second-order valence-corrected chi connectivity index (χ2v) is 6.57. The maximum absolute atomic E-state index is 12.2. The summed E-state index contributed by atoms with van der Waals surface area (Å²) in [4.78, 5) is 12.6. The van der Waals surface area contributed by atoms with Crippen LogP contribution in [0.1, 0.15) is 5.56 Å². The van der Waals surface area contributed by atoms with Gasteiger partial charge < -0.3 is 14.7 Å². The summed E-state index contributed by atoms with van der Waals surface area (Å²) in [5, 5.41) is 10.2. The van der Waals surface area contributed by atoms with E-state index >= 15 is 0 Å². The van der Waals surface area contributed by atoms with Crippen molar-refractivity contribution in [1.29, 1.82) is 0 Å². The lowest BCUT2D eigenvalue weighted by atomic mass is 9.93. The number of likely N-dealkylation sites (tertiary alicyclic amines) is 1. The van der Waals surface area contributed by atoms with Crippen LogP contribution in [-0.4, -0.2) is 42.2 Å². The minimum absolute atomic E-state index is 0.0375. The number of aliphatic hydroxyl groups is 1. The largest absolute Gasteiger partial charge is 0.576 e. The first-order chi connectivity index (χ1) is 10.7. The van der Waals surface area contributed by atoms with Crippen molar-refractivity contribution in [3.63, 3.8) is 0 Å². The third kappa shape index (κ3) is 2.75. The molecule has 1 aromatic carbocycles. The molecule has 23 heavy (non-hydrogen) atoms. The summed E-state index contributed by atoms with van der Waals surface area (Å²) in [6.07, 6.45) is -6.45. The van der Waals surface area contributed by atoms with E-state index in [1.165, 1.54) is 0 Å². The molecule has 9 heteroatoms. The molecule has 1 aromatic rings. The topological polar surface area (TPSA) is 49.8 Å². The minimum Gasteiger partial charge on any atom is -0.396 e. The number of nitrogens with zero attached hydrogens (tertiary/aromatic N) is 1. The number of rotatable bonds is 2. The minimum atomic E-state index is -5.02. The van der Waals surface area contributed by atoms with Gasteiger partial charge in [-0.2, -0.15) is 0 Å².